The van der Waals surface area contributed by atoms with Crippen molar-refractivity contribution in [2.75, 3.05) is 23.8 Å². The van der Waals surface area contributed by atoms with E-state index in [1.165, 1.54) is 30.6 Å². The van der Waals surface area contributed by atoms with E-state index in [9.17, 15) is 9.18 Å². The Hall–Kier alpha value is -2.25. The molecule has 1 aromatic heterocycles. The van der Waals surface area contributed by atoms with Gasteiger partial charge in [0, 0.05) is 18.8 Å². The second-order valence-corrected chi connectivity index (χ2v) is 5.79. The quantitative estimate of drug-likeness (QED) is 0.866. The molecule has 2 heterocycles. The van der Waals surface area contributed by atoms with Crippen LogP contribution in [0.4, 0.5) is 15.9 Å². The van der Waals surface area contributed by atoms with Gasteiger partial charge in [0.05, 0.1) is 23.5 Å². The van der Waals surface area contributed by atoms with Gasteiger partial charge in [0.2, 0.25) is 0 Å². The molecular weight excluding hydrogens is 335 g/mol. The molecule has 0 saturated carbocycles. The summed E-state index contributed by atoms with van der Waals surface area (Å²) in [5.41, 5.74) is 0.534. The van der Waals surface area contributed by atoms with Gasteiger partial charge in [-0.15, -0.1) is 0 Å². The molecule has 6 nitrogen and oxygen atoms in total. The lowest BCUT2D eigenvalue weighted by atomic mass is 10.2. The van der Waals surface area contributed by atoms with E-state index in [4.69, 9.17) is 16.3 Å². The summed E-state index contributed by atoms with van der Waals surface area (Å²) in [5, 5.41) is 5.65. The highest BCUT2D eigenvalue weighted by Crippen LogP contribution is 2.19. The predicted octanol–water partition coefficient (Wildman–Crippen LogP) is 3.11. The van der Waals surface area contributed by atoms with Crippen molar-refractivity contribution in [3.63, 3.8) is 0 Å². The van der Waals surface area contributed by atoms with Crippen LogP contribution in [0.1, 0.15) is 23.3 Å². The van der Waals surface area contributed by atoms with Crippen molar-refractivity contribution in [3.8, 4) is 0 Å². The number of hydrogen-bond donors (Lipinski definition) is 2. The Kier molecular flexibility index (Phi) is 5.22. The fraction of sp³-hybridized carbons (Fsp3) is 0.312. The molecule has 1 fully saturated rings. The summed E-state index contributed by atoms with van der Waals surface area (Å²) in [4.78, 5) is 20.3. The Morgan fingerprint density at radius 3 is 2.92 bits per heavy atom. The van der Waals surface area contributed by atoms with Gasteiger partial charge in [-0.1, -0.05) is 11.6 Å². The zero-order valence-electron chi connectivity index (χ0n) is 12.8. The number of anilines is 2. The van der Waals surface area contributed by atoms with Crippen molar-refractivity contribution in [1.29, 1.82) is 0 Å². The van der Waals surface area contributed by atoms with Crippen LogP contribution < -0.4 is 10.6 Å². The number of ether oxygens (including phenoxy) is 1. The van der Waals surface area contributed by atoms with E-state index in [2.05, 4.69) is 20.6 Å². The number of rotatable bonds is 5. The number of carbonyl (C=O) groups is 1. The van der Waals surface area contributed by atoms with Crippen molar-refractivity contribution in [2.24, 2.45) is 0 Å². The maximum Gasteiger partial charge on any atom is 0.275 e. The molecule has 0 bridgehead atoms. The van der Waals surface area contributed by atoms with Crippen LogP contribution in [0.2, 0.25) is 5.02 Å². The molecule has 1 aromatic carbocycles. The number of aromatic nitrogens is 2. The molecule has 1 aliphatic heterocycles. The Morgan fingerprint density at radius 2 is 2.25 bits per heavy atom. The number of carbonyl (C=O) groups excluding carboxylic acids is 1. The third kappa shape index (κ3) is 4.18. The predicted molar refractivity (Wildman–Crippen MR) is 88.9 cm³/mol. The lowest BCUT2D eigenvalue weighted by molar-refractivity contribution is 0.102. The molecule has 1 amide bonds. The SMILES string of the molecule is O=C(Nc1ccc(F)c(Cl)c1)c1cnc(NCC2CCCO2)cn1. The molecule has 1 saturated heterocycles. The second-order valence-electron chi connectivity index (χ2n) is 5.39. The fourth-order valence-corrected chi connectivity index (χ4v) is 2.51. The van der Waals surface area contributed by atoms with Gasteiger partial charge in [0.25, 0.3) is 5.91 Å². The number of benzene rings is 1. The summed E-state index contributed by atoms with van der Waals surface area (Å²) in [6, 6.07) is 3.94. The highest BCUT2D eigenvalue weighted by Gasteiger charge is 2.15. The molecule has 2 aromatic rings. The van der Waals surface area contributed by atoms with Gasteiger partial charge in [-0.05, 0) is 31.0 Å². The van der Waals surface area contributed by atoms with Crippen LogP contribution in [0.5, 0.6) is 0 Å². The van der Waals surface area contributed by atoms with E-state index >= 15 is 0 Å². The smallest absolute Gasteiger partial charge is 0.275 e. The summed E-state index contributed by atoms with van der Waals surface area (Å²) in [7, 11) is 0. The number of amides is 1. The van der Waals surface area contributed by atoms with Crippen LogP contribution in [0.3, 0.4) is 0 Å². The average molecular weight is 351 g/mol. The van der Waals surface area contributed by atoms with E-state index in [0.29, 0.717) is 18.1 Å². The first kappa shape index (κ1) is 16.6. The lowest BCUT2D eigenvalue weighted by Crippen LogP contribution is -2.19. The number of halogens is 2. The van der Waals surface area contributed by atoms with E-state index in [-0.39, 0.29) is 16.8 Å². The van der Waals surface area contributed by atoms with Gasteiger partial charge >= 0.3 is 0 Å². The summed E-state index contributed by atoms with van der Waals surface area (Å²) in [5.74, 6) is -0.418. The first-order valence-electron chi connectivity index (χ1n) is 7.56. The molecule has 8 heteroatoms. The van der Waals surface area contributed by atoms with Crippen LogP contribution >= 0.6 is 11.6 Å². The van der Waals surface area contributed by atoms with Crippen LogP contribution in [-0.4, -0.2) is 35.1 Å². The fourth-order valence-electron chi connectivity index (χ4n) is 2.33. The molecule has 2 N–H and O–H groups in total. The number of nitrogens with one attached hydrogen (secondary N) is 2. The summed E-state index contributed by atoms with van der Waals surface area (Å²) in [6.07, 6.45) is 5.16. The molecule has 0 aliphatic carbocycles. The Labute approximate surface area is 143 Å². The van der Waals surface area contributed by atoms with Gasteiger partial charge < -0.3 is 15.4 Å². The van der Waals surface area contributed by atoms with Crippen molar-refractivity contribution >= 4 is 29.0 Å². The third-order valence-electron chi connectivity index (χ3n) is 3.60. The van der Waals surface area contributed by atoms with Crippen LogP contribution in [-0.2, 0) is 4.74 Å². The Morgan fingerprint density at radius 1 is 1.38 bits per heavy atom. The van der Waals surface area contributed by atoms with Gasteiger partial charge in [0.1, 0.15) is 17.3 Å². The Bertz CT molecular complexity index is 721. The first-order chi connectivity index (χ1) is 11.6. The van der Waals surface area contributed by atoms with Crippen molar-refractivity contribution in [2.45, 2.75) is 18.9 Å². The maximum atomic E-state index is 13.1. The topological polar surface area (TPSA) is 76.1 Å². The van der Waals surface area contributed by atoms with Crippen LogP contribution in [0, 0.1) is 5.82 Å². The van der Waals surface area contributed by atoms with Gasteiger partial charge in [-0.2, -0.15) is 0 Å². The molecule has 0 spiro atoms. The summed E-state index contributed by atoms with van der Waals surface area (Å²) < 4.78 is 18.6. The molecular formula is C16H16ClFN4O2. The minimum absolute atomic E-state index is 0.0624. The third-order valence-corrected chi connectivity index (χ3v) is 3.89. The van der Waals surface area contributed by atoms with Crippen LogP contribution in [0.15, 0.2) is 30.6 Å². The molecule has 1 aliphatic rings. The highest BCUT2D eigenvalue weighted by molar-refractivity contribution is 6.31. The maximum absolute atomic E-state index is 13.1. The van der Waals surface area contributed by atoms with E-state index in [0.717, 1.165) is 19.4 Å². The lowest BCUT2D eigenvalue weighted by Gasteiger charge is -2.11. The summed E-state index contributed by atoms with van der Waals surface area (Å²) in [6.45, 7) is 1.46. The van der Waals surface area contributed by atoms with E-state index in [1.807, 2.05) is 0 Å². The zero-order valence-corrected chi connectivity index (χ0v) is 13.5. The second kappa shape index (κ2) is 7.55. The van der Waals surface area contributed by atoms with E-state index < -0.39 is 11.7 Å². The first-order valence-corrected chi connectivity index (χ1v) is 7.93. The molecule has 24 heavy (non-hydrogen) atoms. The van der Waals surface area contributed by atoms with Crippen LogP contribution in [0.25, 0.3) is 0 Å². The average Bonchev–Trinajstić information content (AvgIpc) is 3.10. The van der Waals surface area contributed by atoms with Crippen molar-refractivity contribution in [3.05, 3.63) is 47.1 Å². The van der Waals surface area contributed by atoms with Crippen molar-refractivity contribution in [1.82, 2.24) is 9.97 Å². The molecule has 1 atom stereocenters. The minimum atomic E-state index is -0.545. The highest BCUT2D eigenvalue weighted by atomic mass is 35.5. The van der Waals surface area contributed by atoms with Gasteiger partial charge in [-0.25, -0.2) is 14.4 Å². The van der Waals surface area contributed by atoms with E-state index in [1.54, 1.807) is 0 Å². The minimum Gasteiger partial charge on any atom is -0.376 e. The molecule has 0 radical (unpaired) electrons. The van der Waals surface area contributed by atoms with Gasteiger partial charge in [0.15, 0.2) is 0 Å². The standard InChI is InChI=1S/C16H16ClFN4O2/c17-12-6-10(3-4-13(12)18)22-16(23)14-8-21-15(9-19-14)20-7-11-2-1-5-24-11/h3-4,6,8-9,11H,1-2,5,7H2,(H,20,21)(H,22,23). The molecule has 3 rings (SSSR count). The normalized spacial score (nSPS) is 16.8. The van der Waals surface area contributed by atoms with Gasteiger partial charge in [-0.3, -0.25) is 4.79 Å². The molecule has 1 unspecified atom stereocenters. The monoisotopic (exact) mass is 350 g/mol. The van der Waals surface area contributed by atoms with Crippen molar-refractivity contribution < 1.29 is 13.9 Å². The largest absolute Gasteiger partial charge is 0.376 e. The molecule has 126 valence electrons. The zero-order chi connectivity index (χ0) is 16.9. The summed E-state index contributed by atoms with van der Waals surface area (Å²) >= 11 is 5.68. The number of hydrogen-bond acceptors (Lipinski definition) is 5. The Balaban J connectivity index is 1.57. The number of nitrogens with zero attached hydrogens (tertiary/aromatic N) is 2.